The van der Waals surface area contributed by atoms with Gasteiger partial charge in [0, 0.05) is 5.56 Å². The third-order valence-electron chi connectivity index (χ3n) is 4.88. The number of esters is 1. The molecule has 0 atom stereocenters. The van der Waals surface area contributed by atoms with Crippen LogP contribution in [0.4, 0.5) is 0 Å². The van der Waals surface area contributed by atoms with E-state index in [0.29, 0.717) is 28.7 Å². The number of halogens is 1. The molecule has 0 aromatic heterocycles. The number of nitrogens with zero attached hydrogens (tertiary/aromatic N) is 1. The molecule has 33 heavy (non-hydrogen) atoms. The van der Waals surface area contributed by atoms with E-state index in [2.05, 4.69) is 4.99 Å². The molecular weight excluding hydrogens is 442 g/mol. The van der Waals surface area contributed by atoms with E-state index >= 15 is 0 Å². The largest absolute Gasteiger partial charge is 0.493 e. The fourth-order valence-corrected chi connectivity index (χ4v) is 3.52. The lowest BCUT2D eigenvalue weighted by atomic mass is 10.1. The fraction of sp³-hybridized carbons (Fsp3) is 0.154. The molecule has 0 amide bonds. The lowest BCUT2D eigenvalue weighted by Crippen LogP contribution is -2.10. The second kappa shape index (κ2) is 10.2. The van der Waals surface area contributed by atoms with Gasteiger partial charge in [0.1, 0.15) is 19.0 Å². The number of carbonyl (C=O) groups excluding carboxylic acids is 1. The van der Waals surface area contributed by atoms with Gasteiger partial charge in [0.25, 0.3) is 0 Å². The summed E-state index contributed by atoms with van der Waals surface area (Å²) >= 11 is 6.45. The van der Waals surface area contributed by atoms with Crippen molar-refractivity contribution in [1.82, 2.24) is 0 Å². The van der Waals surface area contributed by atoms with Gasteiger partial charge in [0.15, 0.2) is 17.2 Å². The Hall–Kier alpha value is -3.77. The minimum absolute atomic E-state index is 0.173. The molecule has 0 saturated heterocycles. The zero-order valence-corrected chi connectivity index (χ0v) is 19.0. The number of ether oxygens (including phenoxy) is 4. The highest BCUT2D eigenvalue weighted by atomic mass is 35.5. The molecule has 1 aliphatic heterocycles. The Morgan fingerprint density at radius 3 is 2.45 bits per heavy atom. The van der Waals surface area contributed by atoms with E-state index in [4.69, 9.17) is 30.5 Å². The van der Waals surface area contributed by atoms with Crippen LogP contribution in [0, 0.1) is 6.92 Å². The van der Waals surface area contributed by atoms with Gasteiger partial charge >= 0.3 is 5.97 Å². The maximum atomic E-state index is 12.3. The second-order valence-electron chi connectivity index (χ2n) is 7.20. The quantitative estimate of drug-likeness (QED) is 0.252. The summed E-state index contributed by atoms with van der Waals surface area (Å²) in [5, 5.41) is 0.343. The Balaban J connectivity index is 1.47. The van der Waals surface area contributed by atoms with E-state index in [1.54, 1.807) is 18.2 Å². The standard InChI is InChI=1S/C26H22ClNO5/c1-17-8-6-7-11-22(17)31-12-13-32-24-20(27)14-18(16-23(24)30-2)15-21-26(29)33-25(28-21)19-9-4-3-5-10-19/h3-11,14-16H,12-13H2,1-2H3/b21-15-. The average Bonchev–Trinajstić information content (AvgIpc) is 3.19. The Bertz CT molecular complexity index is 1220. The Kier molecular flexibility index (Phi) is 6.95. The van der Waals surface area contributed by atoms with Crippen LogP contribution in [0.2, 0.25) is 5.02 Å². The average molecular weight is 464 g/mol. The summed E-state index contributed by atoms with van der Waals surface area (Å²) in [5.41, 5.74) is 2.58. The van der Waals surface area contributed by atoms with E-state index in [-0.39, 0.29) is 18.2 Å². The third-order valence-corrected chi connectivity index (χ3v) is 5.16. The molecule has 3 aromatic carbocycles. The number of rotatable bonds is 8. The van der Waals surface area contributed by atoms with Crippen LogP contribution in [-0.2, 0) is 9.53 Å². The second-order valence-corrected chi connectivity index (χ2v) is 7.61. The van der Waals surface area contributed by atoms with Gasteiger partial charge in [-0.3, -0.25) is 0 Å². The number of aliphatic imine (C=N–C) groups is 1. The van der Waals surface area contributed by atoms with Gasteiger partial charge in [-0.25, -0.2) is 9.79 Å². The van der Waals surface area contributed by atoms with Gasteiger partial charge in [0.2, 0.25) is 5.90 Å². The maximum absolute atomic E-state index is 12.3. The smallest absolute Gasteiger partial charge is 0.363 e. The van der Waals surface area contributed by atoms with E-state index in [0.717, 1.165) is 16.9 Å². The first-order chi connectivity index (χ1) is 16.0. The highest BCUT2D eigenvalue weighted by Crippen LogP contribution is 2.37. The van der Waals surface area contributed by atoms with E-state index in [1.165, 1.54) is 7.11 Å². The predicted octanol–water partition coefficient (Wildman–Crippen LogP) is 5.46. The van der Waals surface area contributed by atoms with E-state index < -0.39 is 5.97 Å². The Labute approximate surface area is 197 Å². The summed E-state index contributed by atoms with van der Waals surface area (Å²) in [6.45, 7) is 2.61. The van der Waals surface area contributed by atoms with Crippen molar-refractivity contribution in [2.45, 2.75) is 6.92 Å². The van der Waals surface area contributed by atoms with Crippen LogP contribution in [0.1, 0.15) is 16.7 Å². The lowest BCUT2D eigenvalue weighted by Gasteiger charge is -2.14. The number of methoxy groups -OCH3 is 1. The maximum Gasteiger partial charge on any atom is 0.363 e. The molecule has 0 unspecified atom stereocenters. The molecule has 0 aliphatic carbocycles. The summed E-state index contributed by atoms with van der Waals surface area (Å²) in [6.07, 6.45) is 1.59. The molecular formula is C26H22ClNO5. The van der Waals surface area contributed by atoms with Crippen molar-refractivity contribution in [3.8, 4) is 17.2 Å². The molecule has 0 fully saturated rings. The Morgan fingerprint density at radius 1 is 0.970 bits per heavy atom. The van der Waals surface area contributed by atoms with Gasteiger partial charge in [0.05, 0.1) is 12.1 Å². The van der Waals surface area contributed by atoms with Crippen molar-refractivity contribution in [2.75, 3.05) is 20.3 Å². The highest BCUT2D eigenvalue weighted by molar-refractivity contribution is 6.32. The summed E-state index contributed by atoms with van der Waals surface area (Å²) < 4.78 is 22.3. The van der Waals surface area contributed by atoms with Crippen LogP contribution in [0.3, 0.4) is 0 Å². The predicted molar refractivity (Wildman–Crippen MR) is 127 cm³/mol. The lowest BCUT2D eigenvalue weighted by molar-refractivity contribution is -0.129. The number of aryl methyl sites for hydroxylation is 1. The molecule has 1 aliphatic rings. The Morgan fingerprint density at radius 2 is 1.70 bits per heavy atom. The molecule has 0 spiro atoms. The minimum atomic E-state index is -0.530. The van der Waals surface area contributed by atoms with Crippen LogP contribution in [0.5, 0.6) is 17.2 Å². The first kappa shape index (κ1) is 22.4. The normalized spacial score (nSPS) is 14.1. The van der Waals surface area contributed by atoms with Crippen molar-refractivity contribution < 1.29 is 23.7 Å². The van der Waals surface area contributed by atoms with Gasteiger partial charge < -0.3 is 18.9 Å². The van der Waals surface area contributed by atoms with Gasteiger partial charge in [-0.1, -0.05) is 48.0 Å². The topological polar surface area (TPSA) is 66.4 Å². The summed E-state index contributed by atoms with van der Waals surface area (Å²) in [6, 6.07) is 20.4. The number of benzene rings is 3. The molecule has 0 bridgehead atoms. The first-order valence-electron chi connectivity index (χ1n) is 10.3. The molecule has 3 aromatic rings. The highest BCUT2D eigenvalue weighted by Gasteiger charge is 2.24. The van der Waals surface area contributed by atoms with E-state index in [1.807, 2.05) is 61.5 Å². The number of para-hydroxylation sites is 1. The van der Waals surface area contributed by atoms with Crippen LogP contribution in [0.15, 0.2) is 77.4 Å². The van der Waals surface area contributed by atoms with Gasteiger partial charge in [-0.15, -0.1) is 0 Å². The van der Waals surface area contributed by atoms with Crippen molar-refractivity contribution in [1.29, 1.82) is 0 Å². The summed E-state index contributed by atoms with van der Waals surface area (Å²) in [4.78, 5) is 16.6. The molecule has 1 heterocycles. The van der Waals surface area contributed by atoms with Crippen LogP contribution >= 0.6 is 11.6 Å². The zero-order valence-electron chi connectivity index (χ0n) is 18.2. The number of cyclic esters (lactones) is 1. The van der Waals surface area contributed by atoms with Gasteiger partial charge in [-0.2, -0.15) is 0 Å². The molecule has 7 heteroatoms. The third kappa shape index (κ3) is 5.35. The zero-order chi connectivity index (χ0) is 23.2. The molecule has 4 rings (SSSR count). The van der Waals surface area contributed by atoms with Crippen molar-refractivity contribution in [3.05, 3.63) is 94.1 Å². The van der Waals surface area contributed by atoms with Crippen molar-refractivity contribution >= 4 is 29.5 Å². The first-order valence-corrected chi connectivity index (χ1v) is 10.7. The van der Waals surface area contributed by atoms with Crippen LogP contribution < -0.4 is 14.2 Å². The van der Waals surface area contributed by atoms with Gasteiger partial charge in [-0.05, 0) is 54.5 Å². The molecule has 0 N–H and O–H groups in total. The van der Waals surface area contributed by atoms with Crippen LogP contribution in [-0.4, -0.2) is 32.2 Å². The number of carbonyl (C=O) groups is 1. The molecule has 0 radical (unpaired) electrons. The summed E-state index contributed by atoms with van der Waals surface area (Å²) in [5.74, 6) is 1.37. The molecule has 168 valence electrons. The fourth-order valence-electron chi connectivity index (χ4n) is 3.25. The SMILES string of the molecule is COc1cc(/C=C2\N=C(c3ccccc3)OC2=O)cc(Cl)c1OCCOc1ccccc1C. The molecule has 6 nitrogen and oxygen atoms in total. The van der Waals surface area contributed by atoms with Crippen molar-refractivity contribution in [3.63, 3.8) is 0 Å². The number of hydrogen-bond donors (Lipinski definition) is 0. The van der Waals surface area contributed by atoms with Crippen LogP contribution in [0.25, 0.3) is 6.08 Å². The molecule has 0 saturated carbocycles. The van der Waals surface area contributed by atoms with E-state index in [9.17, 15) is 4.79 Å². The number of hydrogen-bond acceptors (Lipinski definition) is 6. The summed E-state index contributed by atoms with van der Waals surface area (Å²) in [7, 11) is 1.52. The van der Waals surface area contributed by atoms with Crippen molar-refractivity contribution in [2.24, 2.45) is 4.99 Å². The monoisotopic (exact) mass is 463 g/mol. The minimum Gasteiger partial charge on any atom is -0.493 e.